The molecule has 2 N–H and O–H groups in total. The van der Waals surface area contributed by atoms with E-state index in [1.165, 1.54) is 4.31 Å². The van der Waals surface area contributed by atoms with Crippen LogP contribution in [0.25, 0.3) is 10.8 Å². The molecule has 1 aliphatic heterocycles. The van der Waals surface area contributed by atoms with E-state index in [4.69, 9.17) is 10.5 Å². The van der Waals surface area contributed by atoms with E-state index in [-0.39, 0.29) is 12.6 Å². The maximum atomic E-state index is 13.0. The van der Waals surface area contributed by atoms with Crippen molar-refractivity contribution < 1.29 is 13.2 Å². The Morgan fingerprint density at radius 3 is 3.05 bits per heavy atom. The van der Waals surface area contributed by atoms with E-state index < -0.39 is 10.0 Å². The van der Waals surface area contributed by atoms with Crippen LogP contribution in [0, 0.1) is 0 Å². The second-order valence-corrected chi connectivity index (χ2v) is 6.79. The lowest BCUT2D eigenvalue weighted by Gasteiger charge is -2.34. The fourth-order valence-corrected chi connectivity index (χ4v) is 4.41. The molecule has 3 rings (SSSR count). The van der Waals surface area contributed by atoms with Crippen LogP contribution in [0.2, 0.25) is 0 Å². The van der Waals surface area contributed by atoms with Crippen molar-refractivity contribution in [1.29, 1.82) is 0 Å². The highest BCUT2D eigenvalue weighted by molar-refractivity contribution is 7.89. The number of hydrogen-bond acceptors (Lipinski definition) is 5. The van der Waals surface area contributed by atoms with E-state index in [2.05, 4.69) is 4.98 Å². The first-order valence-electron chi connectivity index (χ1n) is 6.77. The molecule has 1 unspecified atom stereocenters. The molecule has 0 amide bonds. The molecule has 1 atom stereocenters. The minimum Gasteiger partial charge on any atom is -0.378 e. The number of nitrogens with zero attached hydrogens (tertiary/aromatic N) is 2. The van der Waals surface area contributed by atoms with Crippen molar-refractivity contribution in [3.8, 4) is 0 Å². The van der Waals surface area contributed by atoms with Gasteiger partial charge < -0.3 is 10.5 Å². The van der Waals surface area contributed by atoms with Crippen LogP contribution in [0.1, 0.15) is 0 Å². The number of morpholine rings is 1. The molecule has 7 heteroatoms. The van der Waals surface area contributed by atoms with Gasteiger partial charge in [0.05, 0.1) is 24.2 Å². The van der Waals surface area contributed by atoms with Gasteiger partial charge in [-0.3, -0.25) is 4.98 Å². The van der Waals surface area contributed by atoms with Crippen molar-refractivity contribution in [2.75, 3.05) is 26.3 Å². The molecule has 0 radical (unpaired) electrons. The van der Waals surface area contributed by atoms with Gasteiger partial charge >= 0.3 is 0 Å². The predicted molar refractivity (Wildman–Crippen MR) is 79.3 cm³/mol. The van der Waals surface area contributed by atoms with Crippen LogP contribution in [0.5, 0.6) is 0 Å². The average Bonchev–Trinajstić information content (AvgIpc) is 2.54. The highest BCUT2D eigenvalue weighted by atomic mass is 32.2. The number of nitrogens with two attached hydrogens (primary N) is 1. The molecule has 1 fully saturated rings. The van der Waals surface area contributed by atoms with Crippen LogP contribution in [0.15, 0.2) is 41.6 Å². The lowest BCUT2D eigenvalue weighted by Crippen LogP contribution is -2.51. The molecule has 0 aliphatic carbocycles. The third-order valence-corrected chi connectivity index (χ3v) is 5.68. The Balaban J connectivity index is 2.12. The molecule has 1 aromatic carbocycles. The Morgan fingerprint density at radius 1 is 1.38 bits per heavy atom. The number of pyridine rings is 1. The second kappa shape index (κ2) is 5.69. The van der Waals surface area contributed by atoms with Crippen molar-refractivity contribution in [2.45, 2.75) is 10.9 Å². The quantitative estimate of drug-likeness (QED) is 0.896. The Labute approximate surface area is 123 Å². The third kappa shape index (κ3) is 2.53. The molecule has 1 aliphatic rings. The van der Waals surface area contributed by atoms with E-state index in [0.717, 1.165) is 5.39 Å². The molecule has 2 heterocycles. The fourth-order valence-electron chi connectivity index (χ4n) is 2.59. The van der Waals surface area contributed by atoms with Crippen LogP contribution in [-0.2, 0) is 14.8 Å². The molecule has 1 saturated heterocycles. The first kappa shape index (κ1) is 14.4. The maximum absolute atomic E-state index is 13.0. The standard InChI is InChI=1S/C14H17N3O3S/c15-8-12-10-20-7-6-17(12)21(18,19)14-3-1-2-11-9-16-5-4-13(11)14/h1-5,9,12H,6-8,10,15H2. The predicted octanol–water partition coefficient (Wildman–Crippen LogP) is 0.583. The normalized spacial score (nSPS) is 20.7. The molecule has 0 saturated carbocycles. The van der Waals surface area contributed by atoms with Gasteiger partial charge in [-0.1, -0.05) is 12.1 Å². The number of benzene rings is 1. The largest absolute Gasteiger partial charge is 0.378 e. The zero-order valence-corrected chi connectivity index (χ0v) is 12.3. The van der Waals surface area contributed by atoms with Crippen molar-refractivity contribution in [3.63, 3.8) is 0 Å². The van der Waals surface area contributed by atoms with Crippen LogP contribution in [0.3, 0.4) is 0 Å². The topological polar surface area (TPSA) is 85.5 Å². The number of rotatable bonds is 3. The van der Waals surface area contributed by atoms with Crippen LogP contribution in [-0.4, -0.2) is 50.1 Å². The van der Waals surface area contributed by atoms with Crippen LogP contribution >= 0.6 is 0 Å². The van der Waals surface area contributed by atoms with Crippen molar-refractivity contribution in [2.24, 2.45) is 5.73 Å². The highest BCUT2D eigenvalue weighted by Crippen LogP contribution is 2.27. The van der Waals surface area contributed by atoms with Gasteiger partial charge in [0.25, 0.3) is 0 Å². The van der Waals surface area contributed by atoms with Gasteiger partial charge in [0, 0.05) is 36.3 Å². The maximum Gasteiger partial charge on any atom is 0.244 e. The van der Waals surface area contributed by atoms with E-state index >= 15 is 0 Å². The second-order valence-electron chi connectivity index (χ2n) is 4.93. The molecule has 2 aromatic rings. The van der Waals surface area contributed by atoms with Gasteiger partial charge in [-0.2, -0.15) is 4.31 Å². The van der Waals surface area contributed by atoms with Gasteiger partial charge in [-0.15, -0.1) is 0 Å². The number of hydrogen-bond donors (Lipinski definition) is 1. The lowest BCUT2D eigenvalue weighted by atomic mass is 10.2. The molecule has 6 nitrogen and oxygen atoms in total. The minimum atomic E-state index is -3.60. The van der Waals surface area contributed by atoms with Crippen molar-refractivity contribution in [1.82, 2.24) is 9.29 Å². The van der Waals surface area contributed by atoms with E-state index in [1.807, 2.05) is 6.07 Å². The summed E-state index contributed by atoms with van der Waals surface area (Å²) >= 11 is 0. The summed E-state index contributed by atoms with van der Waals surface area (Å²) in [5.41, 5.74) is 5.68. The van der Waals surface area contributed by atoms with Crippen molar-refractivity contribution >= 4 is 20.8 Å². The zero-order valence-electron chi connectivity index (χ0n) is 11.5. The Kier molecular flexibility index (Phi) is 3.90. The first-order chi connectivity index (χ1) is 10.1. The summed E-state index contributed by atoms with van der Waals surface area (Å²) in [4.78, 5) is 4.33. The summed E-state index contributed by atoms with van der Waals surface area (Å²) in [6.45, 7) is 1.29. The van der Waals surface area contributed by atoms with Gasteiger partial charge in [-0.25, -0.2) is 8.42 Å². The summed E-state index contributed by atoms with van der Waals surface area (Å²) in [5.74, 6) is 0. The van der Waals surface area contributed by atoms with E-state index in [0.29, 0.717) is 30.0 Å². The van der Waals surface area contributed by atoms with Crippen LogP contribution < -0.4 is 5.73 Å². The molecule has 21 heavy (non-hydrogen) atoms. The average molecular weight is 307 g/mol. The monoisotopic (exact) mass is 307 g/mol. The Morgan fingerprint density at radius 2 is 2.24 bits per heavy atom. The Bertz CT molecular complexity index is 743. The molecular formula is C14H17N3O3S. The summed E-state index contributed by atoms with van der Waals surface area (Å²) in [7, 11) is -3.60. The first-order valence-corrected chi connectivity index (χ1v) is 8.21. The van der Waals surface area contributed by atoms with E-state index in [1.54, 1.807) is 30.6 Å². The fraction of sp³-hybridized carbons (Fsp3) is 0.357. The van der Waals surface area contributed by atoms with Gasteiger partial charge in [0.15, 0.2) is 0 Å². The summed E-state index contributed by atoms with van der Waals surface area (Å²) in [6.07, 6.45) is 3.26. The smallest absolute Gasteiger partial charge is 0.244 e. The highest BCUT2D eigenvalue weighted by Gasteiger charge is 2.34. The lowest BCUT2D eigenvalue weighted by molar-refractivity contribution is 0.0358. The van der Waals surface area contributed by atoms with E-state index in [9.17, 15) is 8.42 Å². The summed E-state index contributed by atoms with van der Waals surface area (Å²) in [5, 5.41) is 1.48. The molecule has 0 bridgehead atoms. The minimum absolute atomic E-state index is 0.242. The Hall–Kier alpha value is -1.54. The van der Waals surface area contributed by atoms with Gasteiger partial charge in [0.1, 0.15) is 0 Å². The zero-order chi connectivity index (χ0) is 14.9. The number of aromatic nitrogens is 1. The number of ether oxygens (including phenoxy) is 1. The molecule has 1 aromatic heterocycles. The molecule has 112 valence electrons. The summed E-state index contributed by atoms with van der Waals surface area (Å²) in [6, 6.07) is 6.61. The van der Waals surface area contributed by atoms with Crippen LogP contribution in [0.4, 0.5) is 0 Å². The SMILES string of the molecule is NCC1COCCN1S(=O)(=O)c1cccc2cnccc12. The third-order valence-electron chi connectivity index (χ3n) is 3.67. The molecule has 0 spiro atoms. The summed E-state index contributed by atoms with van der Waals surface area (Å²) < 4.78 is 32.7. The molecular weight excluding hydrogens is 290 g/mol. The number of fused-ring (bicyclic) bond motifs is 1. The van der Waals surface area contributed by atoms with Gasteiger partial charge in [0.2, 0.25) is 10.0 Å². The van der Waals surface area contributed by atoms with Crippen molar-refractivity contribution in [3.05, 3.63) is 36.7 Å². The van der Waals surface area contributed by atoms with Gasteiger partial charge in [-0.05, 0) is 12.1 Å². The number of sulfonamides is 1.